The lowest BCUT2D eigenvalue weighted by molar-refractivity contribution is -0.137. The molecule has 0 aliphatic carbocycles. The van der Waals surface area contributed by atoms with Gasteiger partial charge in [-0.1, -0.05) is 12.1 Å². The predicted octanol–water partition coefficient (Wildman–Crippen LogP) is 3.89. The zero-order chi connectivity index (χ0) is 23.0. The van der Waals surface area contributed by atoms with E-state index in [1.54, 1.807) is 4.90 Å². The molecule has 1 fully saturated rings. The zero-order valence-corrected chi connectivity index (χ0v) is 17.3. The predicted molar refractivity (Wildman–Crippen MR) is 111 cm³/mol. The molecule has 2 aromatic carbocycles. The second-order valence-corrected chi connectivity index (χ2v) is 7.68. The number of halogens is 3. The Morgan fingerprint density at radius 2 is 1.94 bits per heavy atom. The van der Waals surface area contributed by atoms with Crippen molar-refractivity contribution in [3.63, 3.8) is 0 Å². The summed E-state index contributed by atoms with van der Waals surface area (Å²) in [5.74, 6) is -1.45. The maximum Gasteiger partial charge on any atom is 0.416 e. The van der Waals surface area contributed by atoms with Crippen LogP contribution in [0.3, 0.4) is 0 Å². The summed E-state index contributed by atoms with van der Waals surface area (Å²) in [6.45, 7) is 3.98. The van der Waals surface area contributed by atoms with Crippen LogP contribution in [0.25, 0.3) is 5.69 Å². The number of amides is 2. The van der Waals surface area contributed by atoms with Crippen molar-refractivity contribution in [3.8, 4) is 5.69 Å². The Morgan fingerprint density at radius 3 is 2.62 bits per heavy atom. The summed E-state index contributed by atoms with van der Waals surface area (Å²) in [7, 11) is 0. The van der Waals surface area contributed by atoms with Crippen molar-refractivity contribution in [1.29, 1.82) is 0 Å². The van der Waals surface area contributed by atoms with Crippen LogP contribution in [0.1, 0.15) is 23.1 Å². The maximum absolute atomic E-state index is 13.2. The minimum Gasteiger partial charge on any atom is -0.324 e. The highest BCUT2D eigenvalue weighted by Gasteiger charge is 2.37. The Bertz CT molecular complexity index is 1170. The van der Waals surface area contributed by atoms with E-state index in [4.69, 9.17) is 0 Å². The fraction of sp³-hybridized carbons (Fsp3) is 0.273. The molecule has 1 N–H and O–H groups in total. The van der Waals surface area contributed by atoms with Gasteiger partial charge in [0.15, 0.2) is 0 Å². The third-order valence-electron chi connectivity index (χ3n) is 5.61. The van der Waals surface area contributed by atoms with Crippen molar-refractivity contribution in [3.05, 3.63) is 65.7 Å². The Morgan fingerprint density at radius 1 is 1.16 bits per heavy atom. The smallest absolute Gasteiger partial charge is 0.324 e. The molecule has 1 atom stereocenters. The third-order valence-corrected chi connectivity index (χ3v) is 5.61. The van der Waals surface area contributed by atoms with E-state index in [0.29, 0.717) is 0 Å². The van der Waals surface area contributed by atoms with Gasteiger partial charge in [-0.15, -0.1) is 0 Å². The normalized spacial score (nSPS) is 16.5. The van der Waals surface area contributed by atoms with Crippen molar-refractivity contribution < 1.29 is 22.8 Å². The van der Waals surface area contributed by atoms with Crippen molar-refractivity contribution >= 4 is 23.2 Å². The number of anilines is 2. The van der Waals surface area contributed by atoms with Crippen molar-refractivity contribution in [2.24, 2.45) is 5.92 Å². The summed E-state index contributed by atoms with van der Waals surface area (Å²) in [6, 6.07) is 8.57. The number of nitrogens with one attached hydrogen (secondary N) is 1. The molecule has 2 amide bonds. The first kappa shape index (κ1) is 21.5. The summed E-state index contributed by atoms with van der Waals surface area (Å²) in [5, 5.41) is 6.50. The van der Waals surface area contributed by atoms with Crippen LogP contribution in [0.5, 0.6) is 0 Å². The molecule has 0 spiro atoms. The number of carbonyl (C=O) groups is 2. The highest BCUT2D eigenvalue weighted by molar-refractivity contribution is 6.04. The molecule has 0 bridgehead atoms. The van der Waals surface area contributed by atoms with E-state index < -0.39 is 23.6 Å². The number of carbonyl (C=O) groups excluding carboxylic acids is 2. The van der Waals surface area contributed by atoms with Crippen LogP contribution in [0.2, 0.25) is 0 Å². The monoisotopic (exact) mass is 443 g/mol. The average molecular weight is 443 g/mol. The first-order valence-corrected chi connectivity index (χ1v) is 9.89. The Hall–Kier alpha value is -3.69. The van der Waals surface area contributed by atoms with Crippen molar-refractivity contribution in [1.82, 2.24) is 14.8 Å². The average Bonchev–Trinajstić information content (AvgIpc) is 3.39. The van der Waals surface area contributed by atoms with E-state index in [-0.39, 0.29) is 30.2 Å². The van der Waals surface area contributed by atoms with Crippen molar-refractivity contribution in [2.45, 2.75) is 26.4 Å². The number of nitrogens with zero attached hydrogens (tertiary/aromatic N) is 4. The van der Waals surface area contributed by atoms with Gasteiger partial charge in [0.05, 0.1) is 22.9 Å². The molecule has 7 nitrogen and oxygen atoms in total. The van der Waals surface area contributed by atoms with Gasteiger partial charge in [0.1, 0.15) is 12.7 Å². The van der Waals surface area contributed by atoms with Gasteiger partial charge >= 0.3 is 6.18 Å². The molecule has 1 saturated heterocycles. The van der Waals surface area contributed by atoms with E-state index in [1.165, 1.54) is 23.4 Å². The summed E-state index contributed by atoms with van der Waals surface area (Å²) < 4.78 is 41.0. The number of benzene rings is 2. The topological polar surface area (TPSA) is 80.1 Å². The minimum atomic E-state index is -4.58. The first-order chi connectivity index (χ1) is 15.1. The van der Waals surface area contributed by atoms with Crippen LogP contribution in [0.4, 0.5) is 24.5 Å². The van der Waals surface area contributed by atoms with E-state index in [9.17, 15) is 22.8 Å². The minimum absolute atomic E-state index is 0.0309. The lowest BCUT2D eigenvalue weighted by Crippen LogP contribution is -2.29. The molecule has 10 heteroatoms. The molecule has 0 radical (unpaired) electrons. The summed E-state index contributed by atoms with van der Waals surface area (Å²) in [4.78, 5) is 30.9. The molecule has 0 unspecified atom stereocenters. The molecule has 4 rings (SSSR count). The molecule has 32 heavy (non-hydrogen) atoms. The third kappa shape index (κ3) is 4.08. The molecule has 1 aromatic heterocycles. The number of alkyl halides is 3. The molecular weight excluding hydrogens is 423 g/mol. The molecule has 1 aliphatic rings. The second-order valence-electron chi connectivity index (χ2n) is 7.68. The Balaban J connectivity index is 1.60. The van der Waals surface area contributed by atoms with Gasteiger partial charge in [-0.05, 0) is 49.2 Å². The van der Waals surface area contributed by atoms with Crippen molar-refractivity contribution in [2.75, 3.05) is 16.8 Å². The zero-order valence-electron chi connectivity index (χ0n) is 17.3. The standard InChI is InChI=1S/C22H20F3N5O2/c1-13-4-3-5-18(14(13)2)29-10-15(8-20(29)31)21(32)28-17-9-16(22(23,24)25)6-7-19(17)30-12-26-11-27-30/h3-7,9,11-12,15H,8,10H2,1-2H3,(H,28,32)/t15-/m1/s1. The van der Waals surface area contributed by atoms with Crippen LogP contribution < -0.4 is 10.2 Å². The van der Waals surface area contributed by atoms with E-state index >= 15 is 0 Å². The summed E-state index contributed by atoms with van der Waals surface area (Å²) >= 11 is 0. The van der Waals surface area contributed by atoms with E-state index in [0.717, 1.165) is 28.9 Å². The maximum atomic E-state index is 13.2. The number of aryl methyl sites for hydroxylation is 1. The van der Waals surface area contributed by atoms with Gasteiger partial charge in [0.2, 0.25) is 11.8 Å². The van der Waals surface area contributed by atoms with E-state index in [2.05, 4.69) is 15.4 Å². The van der Waals surface area contributed by atoms with Gasteiger partial charge in [-0.2, -0.15) is 18.3 Å². The first-order valence-electron chi connectivity index (χ1n) is 9.89. The molecule has 0 saturated carbocycles. The van der Waals surface area contributed by atoms with Crippen LogP contribution >= 0.6 is 0 Å². The fourth-order valence-corrected chi connectivity index (χ4v) is 3.72. The van der Waals surface area contributed by atoms with Gasteiger partial charge in [-0.25, -0.2) is 9.67 Å². The molecule has 2 heterocycles. The molecule has 3 aromatic rings. The van der Waals surface area contributed by atoms with Gasteiger partial charge in [-0.3, -0.25) is 9.59 Å². The number of hydrogen-bond acceptors (Lipinski definition) is 4. The van der Waals surface area contributed by atoms with Gasteiger partial charge in [0, 0.05) is 18.7 Å². The van der Waals surface area contributed by atoms with Gasteiger partial charge < -0.3 is 10.2 Å². The Labute approximate surface area is 181 Å². The SMILES string of the molecule is Cc1cccc(N2C[C@H](C(=O)Nc3cc(C(F)(F)F)ccc3-n3cncn3)CC2=O)c1C. The fourth-order valence-electron chi connectivity index (χ4n) is 3.72. The lowest BCUT2D eigenvalue weighted by atomic mass is 10.1. The Kier molecular flexibility index (Phi) is 5.45. The van der Waals surface area contributed by atoms with E-state index in [1.807, 2.05) is 32.0 Å². The molecular formula is C22H20F3N5O2. The molecule has 1 aliphatic heterocycles. The molecule has 166 valence electrons. The highest BCUT2D eigenvalue weighted by atomic mass is 19.4. The number of aromatic nitrogens is 3. The van der Waals surface area contributed by atoms with Gasteiger partial charge in [0.25, 0.3) is 0 Å². The number of rotatable bonds is 4. The largest absolute Gasteiger partial charge is 0.416 e. The quantitative estimate of drug-likeness (QED) is 0.664. The van der Waals surface area contributed by atoms with Crippen LogP contribution in [0, 0.1) is 19.8 Å². The second kappa shape index (κ2) is 8.10. The summed E-state index contributed by atoms with van der Waals surface area (Å²) in [5.41, 5.74) is 1.95. The lowest BCUT2D eigenvalue weighted by Gasteiger charge is -2.20. The van der Waals surface area contributed by atoms with Crippen LogP contribution in [-0.2, 0) is 15.8 Å². The van der Waals surface area contributed by atoms with Crippen LogP contribution in [0.15, 0.2) is 49.1 Å². The highest BCUT2D eigenvalue weighted by Crippen LogP contribution is 2.34. The van der Waals surface area contributed by atoms with Crippen LogP contribution in [-0.4, -0.2) is 33.1 Å². The number of hydrogen-bond donors (Lipinski definition) is 1. The summed E-state index contributed by atoms with van der Waals surface area (Å²) in [6.07, 6.45) is -2.05.